The second-order valence-electron chi connectivity index (χ2n) is 6.94. The SMILES string of the molecule is Cc1ccc([C@@H]2C[C@H]2C(=O)N2CCn3c(nnc3C(C)C)C2)s1. The van der Waals surface area contributed by atoms with Crippen molar-refractivity contribution in [2.24, 2.45) is 5.92 Å². The van der Waals surface area contributed by atoms with Crippen LogP contribution in [0.25, 0.3) is 0 Å². The predicted octanol–water partition coefficient (Wildman–Crippen LogP) is 2.92. The highest BCUT2D eigenvalue weighted by molar-refractivity contribution is 7.12. The summed E-state index contributed by atoms with van der Waals surface area (Å²) in [4.78, 5) is 17.4. The van der Waals surface area contributed by atoms with Crippen LogP contribution in [0.2, 0.25) is 0 Å². The van der Waals surface area contributed by atoms with E-state index in [0.717, 1.165) is 31.2 Å². The summed E-state index contributed by atoms with van der Waals surface area (Å²) in [6.07, 6.45) is 0.999. The van der Waals surface area contributed by atoms with Gasteiger partial charge in [0.05, 0.1) is 6.54 Å². The Morgan fingerprint density at radius 2 is 2.13 bits per heavy atom. The number of rotatable bonds is 3. The Morgan fingerprint density at radius 1 is 1.30 bits per heavy atom. The highest BCUT2D eigenvalue weighted by atomic mass is 32.1. The van der Waals surface area contributed by atoms with Gasteiger partial charge in [-0.15, -0.1) is 21.5 Å². The lowest BCUT2D eigenvalue weighted by Gasteiger charge is -2.28. The van der Waals surface area contributed by atoms with E-state index in [-0.39, 0.29) is 5.92 Å². The van der Waals surface area contributed by atoms with Gasteiger partial charge in [0, 0.05) is 40.6 Å². The minimum Gasteiger partial charge on any atom is -0.333 e. The lowest BCUT2D eigenvalue weighted by Crippen LogP contribution is -2.39. The molecule has 1 amide bonds. The van der Waals surface area contributed by atoms with Crippen LogP contribution in [0.15, 0.2) is 12.1 Å². The molecule has 2 aromatic rings. The summed E-state index contributed by atoms with van der Waals surface area (Å²) in [6, 6.07) is 4.33. The third kappa shape index (κ3) is 2.59. The molecule has 0 N–H and O–H groups in total. The maximum absolute atomic E-state index is 12.8. The van der Waals surface area contributed by atoms with Crippen LogP contribution in [0, 0.1) is 12.8 Å². The largest absolute Gasteiger partial charge is 0.333 e. The Morgan fingerprint density at radius 3 is 2.83 bits per heavy atom. The highest BCUT2D eigenvalue weighted by Gasteiger charge is 2.47. The van der Waals surface area contributed by atoms with Crippen molar-refractivity contribution < 1.29 is 4.79 Å². The molecule has 0 bridgehead atoms. The van der Waals surface area contributed by atoms with E-state index in [1.54, 1.807) is 0 Å². The molecule has 6 heteroatoms. The van der Waals surface area contributed by atoms with Crippen molar-refractivity contribution in [2.75, 3.05) is 6.54 Å². The van der Waals surface area contributed by atoms with Gasteiger partial charge in [-0.05, 0) is 25.5 Å². The summed E-state index contributed by atoms with van der Waals surface area (Å²) in [7, 11) is 0. The first-order chi connectivity index (χ1) is 11.0. The molecule has 122 valence electrons. The maximum atomic E-state index is 12.8. The van der Waals surface area contributed by atoms with Gasteiger partial charge in [-0.2, -0.15) is 0 Å². The highest BCUT2D eigenvalue weighted by Crippen LogP contribution is 2.50. The molecule has 0 aromatic carbocycles. The quantitative estimate of drug-likeness (QED) is 0.869. The van der Waals surface area contributed by atoms with Crippen LogP contribution in [-0.2, 0) is 17.9 Å². The summed E-state index contributed by atoms with van der Waals surface area (Å²) in [5, 5.41) is 8.59. The molecule has 23 heavy (non-hydrogen) atoms. The van der Waals surface area contributed by atoms with Crippen LogP contribution in [-0.4, -0.2) is 32.1 Å². The number of amides is 1. The lowest BCUT2D eigenvalue weighted by molar-refractivity contribution is -0.134. The van der Waals surface area contributed by atoms with E-state index in [2.05, 4.69) is 47.7 Å². The zero-order valence-corrected chi connectivity index (χ0v) is 14.6. The molecule has 1 aliphatic carbocycles. The smallest absolute Gasteiger partial charge is 0.226 e. The van der Waals surface area contributed by atoms with Gasteiger partial charge < -0.3 is 9.47 Å². The van der Waals surface area contributed by atoms with Crippen LogP contribution in [0.1, 0.15) is 53.5 Å². The van der Waals surface area contributed by atoms with Crippen molar-refractivity contribution in [1.29, 1.82) is 0 Å². The molecule has 1 aliphatic heterocycles. The summed E-state index contributed by atoms with van der Waals surface area (Å²) in [5.41, 5.74) is 0. The molecule has 3 heterocycles. The van der Waals surface area contributed by atoms with Gasteiger partial charge in [-0.25, -0.2) is 0 Å². The summed E-state index contributed by atoms with van der Waals surface area (Å²) >= 11 is 1.82. The average Bonchev–Trinajstić information content (AvgIpc) is 3.01. The Bertz CT molecular complexity index is 748. The molecule has 1 fully saturated rings. The number of hydrogen-bond donors (Lipinski definition) is 0. The van der Waals surface area contributed by atoms with Crippen LogP contribution in [0.4, 0.5) is 0 Å². The number of aromatic nitrogens is 3. The van der Waals surface area contributed by atoms with E-state index < -0.39 is 0 Å². The van der Waals surface area contributed by atoms with E-state index in [1.165, 1.54) is 9.75 Å². The number of nitrogens with zero attached hydrogens (tertiary/aromatic N) is 4. The summed E-state index contributed by atoms with van der Waals surface area (Å²) < 4.78 is 2.18. The Balaban J connectivity index is 1.45. The molecule has 0 spiro atoms. The molecule has 0 radical (unpaired) electrons. The monoisotopic (exact) mass is 330 g/mol. The summed E-state index contributed by atoms with van der Waals surface area (Å²) in [5.74, 6) is 3.23. The predicted molar refractivity (Wildman–Crippen MR) is 89.4 cm³/mol. The van der Waals surface area contributed by atoms with Gasteiger partial charge >= 0.3 is 0 Å². The van der Waals surface area contributed by atoms with E-state index in [0.29, 0.717) is 24.3 Å². The van der Waals surface area contributed by atoms with Crippen molar-refractivity contribution in [1.82, 2.24) is 19.7 Å². The molecule has 0 saturated heterocycles. The first-order valence-corrected chi connectivity index (χ1v) is 9.13. The van der Waals surface area contributed by atoms with Gasteiger partial charge in [0.1, 0.15) is 5.82 Å². The van der Waals surface area contributed by atoms with Gasteiger partial charge in [-0.3, -0.25) is 4.79 Å². The number of carbonyl (C=O) groups is 1. The van der Waals surface area contributed by atoms with Crippen molar-refractivity contribution in [2.45, 2.75) is 52.1 Å². The van der Waals surface area contributed by atoms with Gasteiger partial charge in [-0.1, -0.05) is 13.8 Å². The number of carbonyl (C=O) groups excluding carboxylic acids is 1. The molecular weight excluding hydrogens is 308 g/mol. The number of hydrogen-bond acceptors (Lipinski definition) is 4. The van der Waals surface area contributed by atoms with Crippen LogP contribution in [0.5, 0.6) is 0 Å². The van der Waals surface area contributed by atoms with Gasteiger partial charge in [0.25, 0.3) is 0 Å². The second kappa shape index (κ2) is 5.44. The zero-order chi connectivity index (χ0) is 16.1. The third-order valence-corrected chi connectivity index (χ3v) is 5.98. The molecule has 2 atom stereocenters. The maximum Gasteiger partial charge on any atom is 0.226 e. The van der Waals surface area contributed by atoms with E-state index in [4.69, 9.17) is 0 Å². The molecular formula is C17H22N4OS. The minimum absolute atomic E-state index is 0.173. The Kier molecular flexibility index (Phi) is 3.52. The first-order valence-electron chi connectivity index (χ1n) is 8.31. The Hall–Kier alpha value is -1.69. The zero-order valence-electron chi connectivity index (χ0n) is 13.8. The average molecular weight is 330 g/mol. The second-order valence-corrected chi connectivity index (χ2v) is 8.26. The fourth-order valence-corrected chi connectivity index (χ4v) is 4.52. The van der Waals surface area contributed by atoms with E-state index in [1.807, 2.05) is 16.2 Å². The lowest BCUT2D eigenvalue weighted by atomic mass is 10.2. The summed E-state index contributed by atoms with van der Waals surface area (Å²) in [6.45, 7) is 8.58. The van der Waals surface area contributed by atoms with Crippen molar-refractivity contribution >= 4 is 17.2 Å². The van der Waals surface area contributed by atoms with Gasteiger partial charge in [0.15, 0.2) is 5.82 Å². The fourth-order valence-electron chi connectivity index (χ4n) is 3.47. The van der Waals surface area contributed by atoms with Gasteiger partial charge in [0.2, 0.25) is 5.91 Å². The molecule has 0 unspecified atom stereocenters. The standard InChI is InChI=1S/C17H22N4OS/c1-10(2)16-19-18-15-9-20(6-7-21(15)16)17(22)13-8-12(13)14-5-4-11(3)23-14/h4-5,10,12-13H,6-9H2,1-3H3/t12-,13-/m1/s1. The Labute approximate surface area is 140 Å². The molecule has 4 rings (SSSR count). The first kappa shape index (κ1) is 14.9. The van der Waals surface area contributed by atoms with Crippen molar-refractivity contribution in [3.8, 4) is 0 Å². The number of fused-ring (bicyclic) bond motifs is 1. The van der Waals surface area contributed by atoms with Crippen LogP contribution in [0.3, 0.4) is 0 Å². The normalized spacial score (nSPS) is 23.2. The fraction of sp³-hybridized carbons (Fsp3) is 0.588. The number of aryl methyl sites for hydroxylation is 1. The van der Waals surface area contributed by atoms with Crippen molar-refractivity contribution in [3.63, 3.8) is 0 Å². The third-order valence-electron chi connectivity index (χ3n) is 4.84. The molecule has 5 nitrogen and oxygen atoms in total. The molecule has 1 saturated carbocycles. The van der Waals surface area contributed by atoms with Crippen molar-refractivity contribution in [3.05, 3.63) is 33.5 Å². The minimum atomic E-state index is 0.173. The molecule has 2 aromatic heterocycles. The van der Waals surface area contributed by atoms with Crippen LogP contribution < -0.4 is 0 Å². The van der Waals surface area contributed by atoms with Crippen LogP contribution >= 0.6 is 11.3 Å². The molecule has 2 aliphatic rings. The van der Waals surface area contributed by atoms with E-state index >= 15 is 0 Å². The number of thiophene rings is 1. The van der Waals surface area contributed by atoms with E-state index in [9.17, 15) is 4.79 Å². The topological polar surface area (TPSA) is 51.0 Å².